The van der Waals surface area contributed by atoms with Crippen molar-refractivity contribution in [3.63, 3.8) is 0 Å². The van der Waals surface area contributed by atoms with Crippen LogP contribution in [-0.2, 0) is 11.2 Å². The van der Waals surface area contributed by atoms with Gasteiger partial charge in [-0.2, -0.15) is 0 Å². The number of carbonyl (C=O) groups excluding carboxylic acids is 1. The van der Waals surface area contributed by atoms with E-state index < -0.39 is 0 Å². The van der Waals surface area contributed by atoms with Crippen molar-refractivity contribution in [2.45, 2.75) is 19.3 Å². The van der Waals surface area contributed by atoms with E-state index in [1.807, 2.05) is 30.3 Å². The molecule has 2 aromatic carbocycles. The Labute approximate surface area is 141 Å². The van der Waals surface area contributed by atoms with E-state index in [9.17, 15) is 4.79 Å². The second kappa shape index (κ2) is 6.43. The summed E-state index contributed by atoms with van der Waals surface area (Å²) in [5, 5.41) is 2.95. The highest BCUT2D eigenvalue weighted by molar-refractivity contribution is 5.92. The summed E-state index contributed by atoms with van der Waals surface area (Å²) in [5.74, 6) is 1.40. The minimum Gasteiger partial charge on any atom is -0.454 e. The van der Waals surface area contributed by atoms with Crippen molar-refractivity contribution in [1.82, 2.24) is 0 Å². The molecular weight excluding hydrogens is 304 g/mol. The van der Waals surface area contributed by atoms with Gasteiger partial charge in [-0.25, -0.2) is 0 Å². The number of hydrogen-bond donors (Lipinski definition) is 1. The molecule has 0 atom stereocenters. The van der Waals surface area contributed by atoms with E-state index >= 15 is 0 Å². The number of carbonyl (C=O) groups is 1. The average molecular weight is 324 g/mol. The molecule has 1 saturated heterocycles. The molecule has 2 aromatic rings. The fourth-order valence-corrected chi connectivity index (χ4v) is 3.17. The Hall–Kier alpha value is -2.69. The first-order valence-corrected chi connectivity index (χ1v) is 8.31. The lowest BCUT2D eigenvalue weighted by molar-refractivity contribution is -0.115. The Bertz CT molecular complexity index is 737. The summed E-state index contributed by atoms with van der Waals surface area (Å²) in [6.07, 6.45) is 2.83. The van der Waals surface area contributed by atoms with Crippen LogP contribution in [0, 0.1) is 0 Å². The van der Waals surface area contributed by atoms with Gasteiger partial charge in [-0.3, -0.25) is 4.79 Å². The minimum atomic E-state index is -0.0391. The molecule has 124 valence electrons. The van der Waals surface area contributed by atoms with E-state index in [1.165, 1.54) is 18.5 Å². The largest absolute Gasteiger partial charge is 0.454 e. The Morgan fingerprint density at radius 1 is 1.00 bits per heavy atom. The number of fused-ring (bicyclic) bond motifs is 1. The zero-order valence-electron chi connectivity index (χ0n) is 13.5. The number of nitrogens with zero attached hydrogens (tertiary/aromatic N) is 1. The molecule has 0 bridgehead atoms. The summed E-state index contributed by atoms with van der Waals surface area (Å²) in [5.41, 5.74) is 2.95. The van der Waals surface area contributed by atoms with Crippen molar-refractivity contribution in [3.8, 4) is 11.5 Å². The topological polar surface area (TPSA) is 50.8 Å². The van der Waals surface area contributed by atoms with Crippen molar-refractivity contribution in [2.75, 3.05) is 30.1 Å². The number of hydrogen-bond acceptors (Lipinski definition) is 4. The molecule has 0 aromatic heterocycles. The number of nitrogens with one attached hydrogen (secondary N) is 1. The Morgan fingerprint density at radius 3 is 2.54 bits per heavy atom. The normalized spacial score (nSPS) is 15.6. The summed E-state index contributed by atoms with van der Waals surface area (Å²) in [6.45, 7) is 2.49. The molecule has 0 radical (unpaired) electrons. The lowest BCUT2D eigenvalue weighted by Gasteiger charge is -2.17. The highest BCUT2D eigenvalue weighted by Gasteiger charge is 2.15. The molecule has 4 rings (SSSR count). The number of ether oxygens (including phenoxy) is 2. The van der Waals surface area contributed by atoms with Gasteiger partial charge in [-0.15, -0.1) is 0 Å². The van der Waals surface area contributed by atoms with Crippen LogP contribution in [-0.4, -0.2) is 25.8 Å². The third-order valence-electron chi connectivity index (χ3n) is 4.42. The quantitative estimate of drug-likeness (QED) is 0.938. The molecule has 2 heterocycles. The molecule has 2 aliphatic heterocycles. The summed E-state index contributed by atoms with van der Waals surface area (Å²) in [6, 6.07) is 13.7. The van der Waals surface area contributed by atoms with Gasteiger partial charge in [-0.1, -0.05) is 6.07 Å². The van der Waals surface area contributed by atoms with Crippen molar-refractivity contribution >= 4 is 17.3 Å². The van der Waals surface area contributed by atoms with Crippen LogP contribution in [0.4, 0.5) is 11.4 Å². The van der Waals surface area contributed by atoms with Crippen LogP contribution in [0.5, 0.6) is 11.5 Å². The smallest absolute Gasteiger partial charge is 0.231 e. The van der Waals surface area contributed by atoms with E-state index in [-0.39, 0.29) is 12.7 Å². The second-order valence-corrected chi connectivity index (χ2v) is 6.15. The van der Waals surface area contributed by atoms with E-state index in [0.29, 0.717) is 12.2 Å². The predicted molar refractivity (Wildman–Crippen MR) is 92.8 cm³/mol. The van der Waals surface area contributed by atoms with Crippen LogP contribution in [0.2, 0.25) is 0 Å². The Balaban J connectivity index is 1.37. The van der Waals surface area contributed by atoms with Gasteiger partial charge in [0.1, 0.15) is 0 Å². The fraction of sp³-hybridized carbons (Fsp3) is 0.316. The lowest BCUT2D eigenvalue weighted by atomic mass is 10.1. The predicted octanol–water partition coefficient (Wildman–Crippen LogP) is 3.20. The zero-order chi connectivity index (χ0) is 16.4. The number of rotatable bonds is 4. The van der Waals surface area contributed by atoms with Gasteiger partial charge in [0.25, 0.3) is 0 Å². The maximum atomic E-state index is 12.2. The first kappa shape index (κ1) is 14.9. The molecular formula is C19H20N2O3. The molecule has 0 unspecified atom stereocenters. The zero-order valence-corrected chi connectivity index (χ0v) is 13.5. The molecule has 5 nitrogen and oxygen atoms in total. The molecule has 5 heteroatoms. The minimum absolute atomic E-state index is 0.0391. The highest BCUT2D eigenvalue weighted by atomic mass is 16.7. The highest BCUT2D eigenvalue weighted by Crippen LogP contribution is 2.32. The van der Waals surface area contributed by atoms with Crippen LogP contribution in [0.15, 0.2) is 42.5 Å². The van der Waals surface area contributed by atoms with Crippen LogP contribution < -0.4 is 19.7 Å². The SMILES string of the molecule is O=C(Cc1ccc2c(c1)OCO2)Nc1ccc(N2CCCC2)cc1. The third-order valence-corrected chi connectivity index (χ3v) is 4.42. The Morgan fingerprint density at radius 2 is 1.75 bits per heavy atom. The van der Waals surface area contributed by atoms with Gasteiger partial charge in [0.15, 0.2) is 11.5 Å². The molecule has 0 saturated carbocycles. The van der Waals surface area contributed by atoms with E-state index in [2.05, 4.69) is 22.3 Å². The summed E-state index contributed by atoms with van der Waals surface area (Å²) >= 11 is 0. The molecule has 0 aliphatic carbocycles. The number of amides is 1. The van der Waals surface area contributed by atoms with Gasteiger partial charge in [0.2, 0.25) is 12.7 Å². The molecule has 0 spiro atoms. The van der Waals surface area contributed by atoms with Crippen LogP contribution >= 0.6 is 0 Å². The van der Waals surface area contributed by atoms with Crippen molar-refractivity contribution in [2.24, 2.45) is 0 Å². The first-order valence-electron chi connectivity index (χ1n) is 8.31. The third kappa shape index (κ3) is 3.15. The van der Waals surface area contributed by atoms with Crippen LogP contribution in [0.25, 0.3) is 0 Å². The van der Waals surface area contributed by atoms with Crippen molar-refractivity contribution in [3.05, 3.63) is 48.0 Å². The number of benzene rings is 2. The van der Waals surface area contributed by atoms with E-state index in [4.69, 9.17) is 9.47 Å². The van der Waals surface area contributed by atoms with E-state index in [1.54, 1.807) is 0 Å². The lowest BCUT2D eigenvalue weighted by Crippen LogP contribution is -2.18. The standard InChI is InChI=1S/C19H20N2O3/c22-19(12-14-3-8-17-18(11-14)24-13-23-17)20-15-4-6-16(7-5-15)21-9-1-2-10-21/h3-8,11H,1-2,9-10,12-13H2,(H,20,22). The van der Waals surface area contributed by atoms with Crippen molar-refractivity contribution < 1.29 is 14.3 Å². The number of anilines is 2. The molecule has 2 aliphatic rings. The maximum absolute atomic E-state index is 12.2. The van der Waals surface area contributed by atoms with Gasteiger partial charge in [0, 0.05) is 24.5 Å². The van der Waals surface area contributed by atoms with Gasteiger partial charge < -0.3 is 19.7 Å². The van der Waals surface area contributed by atoms with Crippen molar-refractivity contribution in [1.29, 1.82) is 0 Å². The first-order chi connectivity index (χ1) is 11.8. The average Bonchev–Trinajstić information content (AvgIpc) is 3.26. The second-order valence-electron chi connectivity index (χ2n) is 6.15. The Kier molecular flexibility index (Phi) is 3.99. The van der Waals surface area contributed by atoms with Crippen LogP contribution in [0.1, 0.15) is 18.4 Å². The van der Waals surface area contributed by atoms with Crippen LogP contribution in [0.3, 0.4) is 0 Å². The summed E-state index contributed by atoms with van der Waals surface area (Å²) in [4.78, 5) is 14.6. The van der Waals surface area contributed by atoms with Gasteiger partial charge >= 0.3 is 0 Å². The maximum Gasteiger partial charge on any atom is 0.231 e. The fourth-order valence-electron chi connectivity index (χ4n) is 3.17. The van der Waals surface area contributed by atoms with E-state index in [0.717, 1.165) is 30.1 Å². The molecule has 1 amide bonds. The summed E-state index contributed by atoms with van der Waals surface area (Å²) < 4.78 is 10.6. The monoisotopic (exact) mass is 324 g/mol. The van der Waals surface area contributed by atoms with Gasteiger partial charge in [0.05, 0.1) is 6.42 Å². The molecule has 1 N–H and O–H groups in total. The summed E-state index contributed by atoms with van der Waals surface area (Å²) in [7, 11) is 0. The molecule has 1 fully saturated rings. The van der Waals surface area contributed by atoms with Gasteiger partial charge in [-0.05, 0) is 54.8 Å². The molecule has 24 heavy (non-hydrogen) atoms.